The number of hydrogen-bond donors (Lipinski definition) is 2. The number of halogens is 3. The van der Waals surface area contributed by atoms with Gasteiger partial charge in [-0.25, -0.2) is 0 Å². The van der Waals surface area contributed by atoms with Gasteiger partial charge in [-0.2, -0.15) is 11.8 Å². The van der Waals surface area contributed by atoms with Gasteiger partial charge in [0.25, 0.3) is 0 Å². The van der Waals surface area contributed by atoms with E-state index in [1.54, 1.807) is 23.9 Å². The Morgan fingerprint density at radius 1 is 1.37 bits per heavy atom. The number of benzene rings is 1. The van der Waals surface area contributed by atoms with Crippen LogP contribution in [0.15, 0.2) is 24.3 Å². The molecule has 1 unspecified atom stereocenters. The zero-order valence-electron chi connectivity index (χ0n) is 10.5. The molecule has 3 nitrogen and oxygen atoms in total. The molecule has 7 heteroatoms. The molecule has 0 aliphatic rings. The lowest BCUT2D eigenvalue weighted by atomic mass is 10.1. The normalized spacial score (nSPS) is 13.3. The third-order valence-electron chi connectivity index (χ3n) is 2.35. The van der Waals surface area contributed by atoms with Gasteiger partial charge in [0.2, 0.25) is 0 Å². The molecule has 1 rings (SSSR count). The maximum absolute atomic E-state index is 12.3. The van der Waals surface area contributed by atoms with Gasteiger partial charge in [0.15, 0.2) is 0 Å². The minimum atomic E-state index is -4.70. The SMILES string of the molecule is CCCSCC(NN)c1ccccc1OC(F)(F)F. The molecule has 0 bridgehead atoms. The number of alkyl halides is 3. The average Bonchev–Trinajstić information content (AvgIpc) is 2.34. The summed E-state index contributed by atoms with van der Waals surface area (Å²) >= 11 is 1.63. The Labute approximate surface area is 114 Å². The Kier molecular flexibility index (Phi) is 6.47. The fraction of sp³-hybridized carbons (Fsp3) is 0.500. The number of hydrazine groups is 1. The van der Waals surface area contributed by atoms with E-state index < -0.39 is 6.36 Å². The van der Waals surface area contributed by atoms with E-state index in [0.29, 0.717) is 11.3 Å². The summed E-state index contributed by atoms with van der Waals surface area (Å²) in [4.78, 5) is 0. The molecule has 19 heavy (non-hydrogen) atoms. The minimum Gasteiger partial charge on any atom is -0.405 e. The number of nitrogens with one attached hydrogen (secondary N) is 1. The monoisotopic (exact) mass is 294 g/mol. The Morgan fingerprint density at radius 2 is 2.05 bits per heavy atom. The molecule has 1 aromatic carbocycles. The predicted octanol–water partition coefficient (Wildman–Crippen LogP) is 3.23. The van der Waals surface area contributed by atoms with E-state index in [1.165, 1.54) is 12.1 Å². The van der Waals surface area contributed by atoms with Gasteiger partial charge < -0.3 is 4.74 Å². The Hall–Kier alpha value is -0.920. The van der Waals surface area contributed by atoms with Gasteiger partial charge in [-0.1, -0.05) is 25.1 Å². The molecule has 0 saturated heterocycles. The Bertz CT molecular complexity index is 387. The van der Waals surface area contributed by atoms with Crippen molar-refractivity contribution in [3.63, 3.8) is 0 Å². The third kappa shape index (κ3) is 5.71. The van der Waals surface area contributed by atoms with E-state index in [4.69, 9.17) is 5.84 Å². The number of hydrogen-bond acceptors (Lipinski definition) is 4. The Balaban J connectivity index is 2.84. The van der Waals surface area contributed by atoms with Crippen molar-refractivity contribution >= 4 is 11.8 Å². The molecule has 0 radical (unpaired) electrons. The molecule has 1 aromatic rings. The molecule has 0 heterocycles. The third-order valence-corrected chi connectivity index (χ3v) is 3.62. The lowest BCUT2D eigenvalue weighted by Crippen LogP contribution is -2.31. The highest BCUT2D eigenvalue weighted by molar-refractivity contribution is 7.99. The second kappa shape index (κ2) is 7.62. The first-order valence-electron chi connectivity index (χ1n) is 5.86. The summed E-state index contributed by atoms with van der Waals surface area (Å²) in [6.45, 7) is 2.04. The van der Waals surface area contributed by atoms with Crippen molar-refractivity contribution in [2.24, 2.45) is 5.84 Å². The summed E-state index contributed by atoms with van der Waals surface area (Å²) < 4.78 is 41.0. The summed E-state index contributed by atoms with van der Waals surface area (Å²) in [6.07, 6.45) is -3.70. The molecule has 3 N–H and O–H groups in total. The van der Waals surface area contributed by atoms with Crippen LogP contribution in [-0.4, -0.2) is 17.9 Å². The van der Waals surface area contributed by atoms with Crippen LogP contribution >= 0.6 is 11.8 Å². The van der Waals surface area contributed by atoms with Crippen LogP contribution in [0, 0.1) is 0 Å². The minimum absolute atomic E-state index is 0.213. The highest BCUT2D eigenvalue weighted by Gasteiger charge is 2.32. The molecular weight excluding hydrogens is 277 g/mol. The van der Waals surface area contributed by atoms with Crippen LogP contribution < -0.4 is 16.0 Å². The summed E-state index contributed by atoms with van der Waals surface area (Å²) in [5.41, 5.74) is 2.94. The largest absolute Gasteiger partial charge is 0.573 e. The molecule has 0 saturated carbocycles. The molecule has 0 amide bonds. The van der Waals surface area contributed by atoms with Gasteiger partial charge in [-0.15, -0.1) is 13.2 Å². The van der Waals surface area contributed by atoms with Gasteiger partial charge in [0, 0.05) is 11.3 Å². The fourth-order valence-corrected chi connectivity index (χ4v) is 2.53. The van der Waals surface area contributed by atoms with E-state index in [9.17, 15) is 13.2 Å². The van der Waals surface area contributed by atoms with E-state index >= 15 is 0 Å². The number of rotatable bonds is 7. The summed E-state index contributed by atoms with van der Waals surface area (Å²) in [7, 11) is 0. The van der Waals surface area contributed by atoms with E-state index in [1.807, 2.05) is 6.92 Å². The lowest BCUT2D eigenvalue weighted by Gasteiger charge is -2.20. The molecule has 0 fully saturated rings. The van der Waals surface area contributed by atoms with Crippen molar-refractivity contribution in [3.8, 4) is 5.75 Å². The van der Waals surface area contributed by atoms with Crippen LogP contribution in [0.3, 0.4) is 0 Å². The Morgan fingerprint density at radius 3 is 2.63 bits per heavy atom. The van der Waals surface area contributed by atoms with Crippen molar-refractivity contribution in [3.05, 3.63) is 29.8 Å². The van der Waals surface area contributed by atoms with Gasteiger partial charge in [0.05, 0.1) is 6.04 Å². The van der Waals surface area contributed by atoms with Crippen LogP contribution in [0.5, 0.6) is 5.75 Å². The zero-order valence-corrected chi connectivity index (χ0v) is 11.4. The second-order valence-corrected chi connectivity index (χ2v) is 5.03. The van der Waals surface area contributed by atoms with Gasteiger partial charge in [0.1, 0.15) is 5.75 Å². The number of ether oxygens (including phenoxy) is 1. The smallest absolute Gasteiger partial charge is 0.405 e. The standard InChI is InChI=1S/C12H17F3N2OS/c1-2-7-19-8-10(17-16)9-5-3-4-6-11(9)18-12(13,14)15/h3-6,10,17H,2,7-8,16H2,1H3. The first kappa shape index (κ1) is 16.1. The van der Waals surface area contributed by atoms with Crippen LogP contribution in [-0.2, 0) is 0 Å². The van der Waals surface area contributed by atoms with E-state index in [-0.39, 0.29) is 11.8 Å². The number of nitrogens with two attached hydrogens (primary N) is 1. The maximum atomic E-state index is 12.3. The average molecular weight is 294 g/mol. The van der Waals surface area contributed by atoms with E-state index in [2.05, 4.69) is 10.2 Å². The van der Waals surface area contributed by atoms with Gasteiger partial charge >= 0.3 is 6.36 Å². The first-order chi connectivity index (χ1) is 8.98. The van der Waals surface area contributed by atoms with Crippen LogP contribution in [0.2, 0.25) is 0 Å². The number of para-hydroxylation sites is 1. The quantitative estimate of drug-likeness (QED) is 0.460. The maximum Gasteiger partial charge on any atom is 0.573 e. The molecule has 108 valence electrons. The van der Waals surface area contributed by atoms with Gasteiger partial charge in [-0.05, 0) is 18.2 Å². The van der Waals surface area contributed by atoms with Crippen LogP contribution in [0.25, 0.3) is 0 Å². The van der Waals surface area contributed by atoms with Crippen molar-refractivity contribution in [1.82, 2.24) is 5.43 Å². The van der Waals surface area contributed by atoms with Crippen LogP contribution in [0.4, 0.5) is 13.2 Å². The first-order valence-corrected chi connectivity index (χ1v) is 7.02. The van der Waals surface area contributed by atoms with E-state index in [0.717, 1.165) is 12.2 Å². The topological polar surface area (TPSA) is 47.3 Å². The molecule has 1 atom stereocenters. The van der Waals surface area contributed by atoms with Crippen LogP contribution in [0.1, 0.15) is 24.9 Å². The molecule has 0 aromatic heterocycles. The van der Waals surface area contributed by atoms with Crippen molar-refractivity contribution < 1.29 is 17.9 Å². The highest BCUT2D eigenvalue weighted by atomic mass is 32.2. The second-order valence-electron chi connectivity index (χ2n) is 3.88. The van der Waals surface area contributed by atoms with Crippen molar-refractivity contribution in [2.45, 2.75) is 25.7 Å². The number of thioether (sulfide) groups is 1. The van der Waals surface area contributed by atoms with Crippen molar-refractivity contribution in [2.75, 3.05) is 11.5 Å². The molecule has 0 aliphatic carbocycles. The summed E-state index contributed by atoms with van der Waals surface area (Å²) in [5.74, 6) is 6.72. The zero-order chi connectivity index (χ0) is 14.3. The van der Waals surface area contributed by atoms with Gasteiger partial charge in [-0.3, -0.25) is 11.3 Å². The summed E-state index contributed by atoms with van der Waals surface area (Å²) in [6, 6.07) is 5.65. The predicted molar refractivity (Wildman–Crippen MR) is 70.8 cm³/mol. The summed E-state index contributed by atoms with van der Waals surface area (Å²) in [5, 5.41) is 0. The fourth-order valence-electron chi connectivity index (χ4n) is 1.56. The molecule has 0 spiro atoms. The molecule has 0 aliphatic heterocycles. The lowest BCUT2D eigenvalue weighted by molar-refractivity contribution is -0.275. The van der Waals surface area contributed by atoms with Crippen molar-refractivity contribution in [1.29, 1.82) is 0 Å². The highest BCUT2D eigenvalue weighted by Crippen LogP contribution is 2.31. The molecular formula is C12H17F3N2OS.